The predicted octanol–water partition coefficient (Wildman–Crippen LogP) is 2.45. The highest BCUT2D eigenvalue weighted by Crippen LogP contribution is 2.47. The Kier molecular flexibility index (Phi) is 5.95. The number of fused-ring (bicyclic) bond motifs is 9. The number of benzene rings is 2. The normalized spacial score (nSPS) is 22.4. The lowest BCUT2D eigenvalue weighted by Gasteiger charge is -2.54. The summed E-state index contributed by atoms with van der Waals surface area (Å²) in [5.41, 5.74) is 3.11. The Balaban J connectivity index is 1.18. The van der Waals surface area contributed by atoms with Gasteiger partial charge in [-0.1, -0.05) is 18.2 Å². The number of non-ortho nitro benzene ring substituents is 1. The van der Waals surface area contributed by atoms with E-state index in [4.69, 9.17) is 0 Å². The summed E-state index contributed by atoms with van der Waals surface area (Å²) in [6, 6.07) is 17.2. The zero-order valence-electron chi connectivity index (χ0n) is 22.2. The maximum Gasteiger partial charge on any atom is 0.269 e. The summed E-state index contributed by atoms with van der Waals surface area (Å²) in [7, 11) is 0. The Hall–Kier alpha value is -4.80. The van der Waals surface area contributed by atoms with E-state index in [9.17, 15) is 24.5 Å². The number of rotatable bonds is 5. The zero-order valence-corrected chi connectivity index (χ0v) is 22.2. The van der Waals surface area contributed by atoms with Gasteiger partial charge in [-0.15, -0.1) is 0 Å². The number of piperidine rings is 1. The van der Waals surface area contributed by atoms with E-state index in [1.807, 2.05) is 16.7 Å². The molecule has 2 aromatic carbocycles. The molecule has 4 aromatic rings. The molecule has 1 N–H and O–H groups in total. The number of nitro benzene ring substituents is 1. The summed E-state index contributed by atoms with van der Waals surface area (Å²) < 4.78 is 3.33. The fourth-order valence-corrected chi connectivity index (χ4v) is 7.15. The summed E-state index contributed by atoms with van der Waals surface area (Å²) in [5, 5.41) is 15.1. The van der Waals surface area contributed by atoms with Crippen LogP contribution in [0.4, 0.5) is 11.4 Å². The van der Waals surface area contributed by atoms with Crippen molar-refractivity contribution in [3.8, 4) is 0 Å². The Morgan fingerprint density at radius 1 is 1.07 bits per heavy atom. The number of amides is 1. The minimum Gasteiger partial charge on any atom is -0.366 e. The molecule has 3 aliphatic heterocycles. The molecule has 11 nitrogen and oxygen atoms in total. The van der Waals surface area contributed by atoms with Gasteiger partial charge in [0.05, 0.1) is 28.1 Å². The van der Waals surface area contributed by atoms with Crippen LogP contribution in [0.2, 0.25) is 0 Å². The molecule has 2 bridgehead atoms. The van der Waals surface area contributed by atoms with E-state index in [1.165, 1.54) is 17.0 Å². The number of aromatic nitrogens is 3. The minimum atomic E-state index is -0.470. The van der Waals surface area contributed by atoms with Crippen LogP contribution in [-0.2, 0) is 24.3 Å². The predicted molar refractivity (Wildman–Crippen MR) is 152 cm³/mol. The number of pyridine rings is 1. The van der Waals surface area contributed by atoms with Crippen molar-refractivity contribution in [2.24, 2.45) is 11.8 Å². The number of nitrogens with one attached hydrogen (secondary N) is 1. The van der Waals surface area contributed by atoms with Gasteiger partial charge >= 0.3 is 0 Å². The van der Waals surface area contributed by atoms with Crippen molar-refractivity contribution in [1.82, 2.24) is 19.4 Å². The fraction of sp³-hybridized carbons (Fsp3) is 0.333. The van der Waals surface area contributed by atoms with Crippen molar-refractivity contribution < 1.29 is 9.72 Å². The number of anilines is 1. The van der Waals surface area contributed by atoms with E-state index in [0.29, 0.717) is 30.4 Å². The zero-order chi connectivity index (χ0) is 28.2. The van der Waals surface area contributed by atoms with Crippen LogP contribution in [0.5, 0.6) is 0 Å². The van der Waals surface area contributed by atoms with Crippen LogP contribution < -0.4 is 21.3 Å². The summed E-state index contributed by atoms with van der Waals surface area (Å²) in [6.07, 6.45) is 2.72. The van der Waals surface area contributed by atoms with E-state index in [1.54, 1.807) is 42.5 Å². The Morgan fingerprint density at radius 2 is 1.93 bits per heavy atom. The Labute approximate surface area is 234 Å². The average molecular weight is 553 g/mol. The van der Waals surface area contributed by atoms with Crippen LogP contribution in [0.25, 0.3) is 10.9 Å². The van der Waals surface area contributed by atoms with Gasteiger partial charge in [-0.05, 0) is 48.6 Å². The molecule has 3 aliphatic rings. The second-order valence-corrected chi connectivity index (χ2v) is 11.2. The first-order valence-corrected chi connectivity index (χ1v) is 13.8. The third-order valence-electron chi connectivity index (χ3n) is 8.92. The largest absolute Gasteiger partial charge is 0.366 e. The molecule has 11 heteroatoms. The smallest absolute Gasteiger partial charge is 0.269 e. The van der Waals surface area contributed by atoms with Crippen molar-refractivity contribution >= 4 is 28.2 Å². The first-order valence-electron chi connectivity index (χ1n) is 13.8. The molecule has 208 valence electrons. The molecule has 5 heterocycles. The molecule has 2 unspecified atom stereocenters. The number of carbonyl (C=O) groups excluding carboxylic acids is 1. The molecule has 0 radical (unpaired) electrons. The number of nitro groups is 1. The molecule has 0 saturated carbocycles. The molecule has 1 fully saturated rings. The number of nitrogens with zero attached hydrogens (tertiary/aromatic N) is 5. The van der Waals surface area contributed by atoms with Crippen LogP contribution >= 0.6 is 0 Å². The standard InChI is InChI=1S/C30H28N6O5/c37-27-7-3-6-25-19-12-20(16-34(25)27)28-23(14-18-13-21(36(40)41)8-9-26(18)35(28)15-19)29(38)31-10-11-33-17-32-24-5-2-1-4-22(24)30(33)39/h1-9,13,17,19-20,23,28H,10-12,14-16H2,(H,31,38)/t19?,20?,23-,28+/m1/s1. The molecule has 7 rings (SSSR count). The van der Waals surface area contributed by atoms with Crippen LogP contribution in [0.3, 0.4) is 0 Å². The van der Waals surface area contributed by atoms with Gasteiger partial charge < -0.3 is 14.8 Å². The highest BCUT2D eigenvalue weighted by molar-refractivity contribution is 5.82. The van der Waals surface area contributed by atoms with E-state index in [2.05, 4.69) is 15.2 Å². The molecule has 1 saturated heterocycles. The monoisotopic (exact) mass is 552 g/mol. The maximum absolute atomic E-state index is 13.8. The average Bonchev–Trinajstić information content (AvgIpc) is 2.98. The molecule has 4 atom stereocenters. The lowest BCUT2D eigenvalue weighted by atomic mass is 9.70. The summed E-state index contributed by atoms with van der Waals surface area (Å²) in [6.45, 7) is 1.65. The molecule has 0 spiro atoms. The molecule has 1 amide bonds. The first-order chi connectivity index (χ1) is 19.9. The topological polar surface area (TPSA) is 132 Å². The van der Waals surface area contributed by atoms with Gasteiger partial charge in [0.2, 0.25) is 5.91 Å². The second-order valence-electron chi connectivity index (χ2n) is 11.2. The first kappa shape index (κ1) is 25.2. The number of para-hydroxylation sites is 1. The van der Waals surface area contributed by atoms with Crippen LogP contribution in [0.1, 0.15) is 23.6 Å². The van der Waals surface area contributed by atoms with Gasteiger partial charge in [0.25, 0.3) is 16.8 Å². The van der Waals surface area contributed by atoms with E-state index < -0.39 is 10.8 Å². The summed E-state index contributed by atoms with van der Waals surface area (Å²) in [4.78, 5) is 57.1. The highest BCUT2D eigenvalue weighted by Gasteiger charge is 2.49. The highest BCUT2D eigenvalue weighted by atomic mass is 16.6. The quantitative estimate of drug-likeness (QED) is 0.297. The second kappa shape index (κ2) is 9.69. The van der Waals surface area contributed by atoms with E-state index in [-0.39, 0.29) is 53.7 Å². The molecule has 41 heavy (non-hydrogen) atoms. The van der Waals surface area contributed by atoms with Crippen molar-refractivity contribution in [3.63, 3.8) is 0 Å². The van der Waals surface area contributed by atoms with Crippen LogP contribution in [-0.4, -0.2) is 44.1 Å². The molecular formula is C30H28N6O5. The van der Waals surface area contributed by atoms with Gasteiger partial charge in [-0.3, -0.25) is 29.1 Å². The number of carbonyl (C=O) groups is 1. The van der Waals surface area contributed by atoms with Crippen LogP contribution in [0, 0.1) is 22.0 Å². The van der Waals surface area contributed by atoms with Crippen molar-refractivity contribution in [2.45, 2.75) is 37.9 Å². The van der Waals surface area contributed by atoms with E-state index >= 15 is 0 Å². The maximum atomic E-state index is 13.8. The summed E-state index contributed by atoms with van der Waals surface area (Å²) in [5.74, 6) is -0.449. The summed E-state index contributed by atoms with van der Waals surface area (Å²) >= 11 is 0. The van der Waals surface area contributed by atoms with Crippen molar-refractivity contribution in [1.29, 1.82) is 0 Å². The Morgan fingerprint density at radius 3 is 2.78 bits per heavy atom. The van der Waals surface area contributed by atoms with E-state index in [0.717, 1.165) is 23.4 Å². The molecule has 0 aliphatic carbocycles. The molecular weight excluding hydrogens is 524 g/mol. The van der Waals surface area contributed by atoms with Gasteiger partial charge in [-0.25, -0.2) is 4.98 Å². The SMILES string of the molecule is O=C(NCCn1cnc2ccccc2c1=O)[C@@H]1Cc2cc([N+](=O)[O-])ccc2N2CC3CC(Cn4c3cccc4=O)[C@@H]12. The van der Waals surface area contributed by atoms with Gasteiger partial charge in [0, 0.05) is 67.7 Å². The minimum absolute atomic E-state index is 0.00126. The van der Waals surface area contributed by atoms with Crippen molar-refractivity contribution in [3.05, 3.63) is 109 Å². The van der Waals surface area contributed by atoms with Crippen LogP contribution in [0.15, 0.2) is 76.6 Å². The van der Waals surface area contributed by atoms with Gasteiger partial charge in [0.15, 0.2) is 0 Å². The number of hydrogen-bond acceptors (Lipinski definition) is 7. The van der Waals surface area contributed by atoms with Gasteiger partial charge in [0.1, 0.15) is 0 Å². The number of hydrogen-bond donors (Lipinski definition) is 1. The lowest BCUT2D eigenvalue weighted by Crippen LogP contribution is -2.61. The van der Waals surface area contributed by atoms with Crippen molar-refractivity contribution in [2.75, 3.05) is 18.0 Å². The van der Waals surface area contributed by atoms with Gasteiger partial charge in [-0.2, -0.15) is 0 Å². The Bertz CT molecular complexity index is 1830. The lowest BCUT2D eigenvalue weighted by molar-refractivity contribution is -0.384. The third kappa shape index (κ3) is 4.19. The molecule has 2 aromatic heterocycles. The third-order valence-corrected chi connectivity index (χ3v) is 8.92. The fourth-order valence-electron chi connectivity index (χ4n) is 7.15.